The van der Waals surface area contributed by atoms with Gasteiger partial charge in [-0.05, 0) is 49.3 Å². The average Bonchev–Trinajstić information content (AvgIpc) is 3.13. The van der Waals surface area contributed by atoms with Crippen LogP contribution in [0.15, 0.2) is 40.5 Å². The average molecular weight is 386 g/mol. The van der Waals surface area contributed by atoms with E-state index in [9.17, 15) is 14.3 Å². The van der Waals surface area contributed by atoms with Crippen molar-refractivity contribution in [3.63, 3.8) is 0 Å². The lowest BCUT2D eigenvalue weighted by molar-refractivity contribution is 0.433. The molecule has 0 aliphatic heterocycles. The maximum absolute atomic E-state index is 13.9. The molecule has 0 radical (unpaired) electrons. The Hall–Kier alpha value is -2.47. The van der Waals surface area contributed by atoms with Crippen LogP contribution in [0.1, 0.15) is 30.0 Å². The number of aromatic nitrogens is 2. The van der Waals surface area contributed by atoms with Crippen molar-refractivity contribution >= 4 is 11.3 Å². The number of phenolic OH excluding ortho intramolecular Hbond substituents is 1. The normalized spacial score (nSPS) is 11.3. The number of para-hydroxylation sites is 1. The van der Waals surface area contributed by atoms with Gasteiger partial charge in [-0.2, -0.15) is 0 Å². The number of thiophene rings is 1. The third-order valence-electron chi connectivity index (χ3n) is 4.47. The Morgan fingerprint density at radius 2 is 2.04 bits per heavy atom. The highest BCUT2D eigenvalue weighted by Gasteiger charge is 2.19. The smallest absolute Gasteiger partial charge is 0.257 e. The number of nitrogens with zero attached hydrogens (tertiary/aromatic N) is 2. The van der Waals surface area contributed by atoms with E-state index in [1.165, 1.54) is 12.1 Å². The van der Waals surface area contributed by atoms with Gasteiger partial charge in [0, 0.05) is 22.7 Å². The van der Waals surface area contributed by atoms with Crippen molar-refractivity contribution in [3.05, 3.63) is 68.0 Å². The molecule has 0 saturated heterocycles. The van der Waals surface area contributed by atoms with Crippen molar-refractivity contribution < 1.29 is 9.50 Å². The molecule has 0 bridgehead atoms. The second kappa shape index (κ2) is 8.05. The van der Waals surface area contributed by atoms with E-state index in [0.29, 0.717) is 42.4 Å². The van der Waals surface area contributed by atoms with Crippen LogP contribution in [0.5, 0.6) is 5.75 Å². The highest BCUT2D eigenvalue weighted by atomic mass is 32.1. The van der Waals surface area contributed by atoms with Crippen LogP contribution in [0.3, 0.4) is 0 Å². The fraction of sp³-hybridized carbons (Fsp3) is 0.333. The topological polar surface area (TPSA) is 55.1 Å². The second-order valence-electron chi connectivity index (χ2n) is 7.02. The third kappa shape index (κ3) is 4.11. The molecular weight excluding hydrogens is 363 g/mol. The maximum atomic E-state index is 13.9. The number of hydrogen-bond donors (Lipinski definition) is 1. The fourth-order valence-corrected chi connectivity index (χ4v) is 3.83. The van der Waals surface area contributed by atoms with Crippen molar-refractivity contribution in [2.24, 2.45) is 5.92 Å². The molecule has 0 aliphatic rings. The highest BCUT2D eigenvalue weighted by Crippen LogP contribution is 2.30. The summed E-state index contributed by atoms with van der Waals surface area (Å²) in [6.07, 6.45) is 1.30. The van der Waals surface area contributed by atoms with Crippen LogP contribution in [-0.2, 0) is 19.4 Å². The van der Waals surface area contributed by atoms with E-state index in [-0.39, 0.29) is 11.1 Å². The number of phenols is 1. The lowest BCUT2D eigenvalue weighted by Crippen LogP contribution is -2.29. The summed E-state index contributed by atoms with van der Waals surface area (Å²) in [6, 6.07) is 8.28. The minimum absolute atomic E-state index is 0.119. The van der Waals surface area contributed by atoms with Crippen LogP contribution in [0.25, 0.3) is 11.4 Å². The predicted molar refractivity (Wildman–Crippen MR) is 107 cm³/mol. The molecule has 6 heteroatoms. The monoisotopic (exact) mass is 386 g/mol. The number of benzene rings is 1. The van der Waals surface area contributed by atoms with Crippen LogP contribution in [0, 0.1) is 18.7 Å². The van der Waals surface area contributed by atoms with Gasteiger partial charge in [0.25, 0.3) is 5.56 Å². The molecule has 2 heterocycles. The summed E-state index contributed by atoms with van der Waals surface area (Å²) < 4.78 is 15.5. The zero-order valence-electron chi connectivity index (χ0n) is 15.7. The molecule has 3 aromatic rings. The minimum Gasteiger partial charge on any atom is -0.504 e. The van der Waals surface area contributed by atoms with Gasteiger partial charge in [0.05, 0.1) is 5.56 Å². The molecule has 1 aromatic carbocycles. The molecule has 4 nitrogen and oxygen atoms in total. The van der Waals surface area contributed by atoms with Crippen molar-refractivity contribution in [2.75, 3.05) is 0 Å². The number of aryl methyl sites for hydroxylation is 2. The molecule has 0 saturated carbocycles. The fourth-order valence-electron chi connectivity index (χ4n) is 3.13. The highest BCUT2D eigenvalue weighted by molar-refractivity contribution is 7.09. The molecule has 0 atom stereocenters. The van der Waals surface area contributed by atoms with Crippen LogP contribution in [0.2, 0.25) is 0 Å². The quantitative estimate of drug-likeness (QED) is 0.675. The van der Waals surface area contributed by atoms with E-state index in [1.807, 2.05) is 17.5 Å². The Morgan fingerprint density at radius 1 is 1.26 bits per heavy atom. The molecule has 0 unspecified atom stereocenters. The molecule has 142 valence electrons. The summed E-state index contributed by atoms with van der Waals surface area (Å²) in [5.41, 5.74) is 1.42. The molecule has 1 N–H and O–H groups in total. The number of aromatic hydroxyl groups is 1. The molecule has 27 heavy (non-hydrogen) atoms. The first kappa shape index (κ1) is 19.3. The zero-order chi connectivity index (χ0) is 19.6. The molecular formula is C21H23FN2O2S. The summed E-state index contributed by atoms with van der Waals surface area (Å²) in [4.78, 5) is 19.0. The van der Waals surface area contributed by atoms with Crippen molar-refractivity contribution in [3.8, 4) is 17.1 Å². The lowest BCUT2D eigenvalue weighted by atomic mass is 10.0. The number of halogens is 1. The van der Waals surface area contributed by atoms with E-state index < -0.39 is 11.6 Å². The van der Waals surface area contributed by atoms with Crippen LogP contribution >= 0.6 is 11.3 Å². The lowest BCUT2D eigenvalue weighted by Gasteiger charge is -2.17. The van der Waals surface area contributed by atoms with Gasteiger partial charge >= 0.3 is 0 Å². The first-order valence-electron chi connectivity index (χ1n) is 8.99. The largest absolute Gasteiger partial charge is 0.504 e. The van der Waals surface area contributed by atoms with Gasteiger partial charge in [0.2, 0.25) is 0 Å². The van der Waals surface area contributed by atoms with Gasteiger partial charge < -0.3 is 5.11 Å². The maximum Gasteiger partial charge on any atom is 0.257 e. The van der Waals surface area contributed by atoms with Gasteiger partial charge in [-0.25, -0.2) is 9.37 Å². The van der Waals surface area contributed by atoms with Crippen LogP contribution in [0.4, 0.5) is 4.39 Å². The van der Waals surface area contributed by atoms with Gasteiger partial charge in [0.1, 0.15) is 5.82 Å². The van der Waals surface area contributed by atoms with E-state index >= 15 is 0 Å². The Bertz CT molecular complexity index is 994. The zero-order valence-corrected chi connectivity index (χ0v) is 16.5. The summed E-state index contributed by atoms with van der Waals surface area (Å²) >= 11 is 1.63. The van der Waals surface area contributed by atoms with Gasteiger partial charge in [-0.3, -0.25) is 9.36 Å². The van der Waals surface area contributed by atoms with E-state index in [4.69, 9.17) is 0 Å². The Morgan fingerprint density at radius 3 is 2.70 bits per heavy atom. The van der Waals surface area contributed by atoms with Gasteiger partial charge in [0.15, 0.2) is 11.6 Å². The van der Waals surface area contributed by atoms with E-state index in [0.717, 1.165) is 4.88 Å². The first-order chi connectivity index (χ1) is 12.9. The first-order valence-corrected chi connectivity index (χ1v) is 9.87. The van der Waals surface area contributed by atoms with E-state index in [2.05, 4.69) is 18.8 Å². The Kier molecular flexibility index (Phi) is 5.75. The Labute approximate surface area is 162 Å². The molecule has 0 amide bonds. The van der Waals surface area contributed by atoms with Crippen molar-refractivity contribution in [1.82, 2.24) is 9.55 Å². The van der Waals surface area contributed by atoms with Crippen LogP contribution < -0.4 is 5.56 Å². The number of hydrogen-bond acceptors (Lipinski definition) is 4. The molecule has 3 rings (SSSR count). The van der Waals surface area contributed by atoms with Crippen molar-refractivity contribution in [1.29, 1.82) is 0 Å². The van der Waals surface area contributed by atoms with Crippen molar-refractivity contribution in [2.45, 2.75) is 40.2 Å². The van der Waals surface area contributed by atoms with E-state index in [1.54, 1.807) is 28.9 Å². The summed E-state index contributed by atoms with van der Waals surface area (Å²) in [5.74, 6) is -0.586. The molecule has 2 aromatic heterocycles. The summed E-state index contributed by atoms with van der Waals surface area (Å²) in [5, 5.41) is 12.2. The SMILES string of the molecule is Cc1nc(-c2cccc(F)c2O)n(CCc2cccs2)c(=O)c1CC(C)C. The second-order valence-corrected chi connectivity index (χ2v) is 8.05. The predicted octanol–water partition coefficient (Wildman–Crippen LogP) is 4.57. The summed E-state index contributed by atoms with van der Waals surface area (Å²) in [7, 11) is 0. The third-order valence-corrected chi connectivity index (χ3v) is 5.41. The van der Waals surface area contributed by atoms with Crippen LogP contribution in [-0.4, -0.2) is 14.7 Å². The Balaban J connectivity index is 2.15. The van der Waals surface area contributed by atoms with Gasteiger partial charge in [-0.1, -0.05) is 26.0 Å². The molecule has 0 spiro atoms. The minimum atomic E-state index is -0.726. The standard InChI is InChI=1S/C21H23FN2O2S/c1-13(2)12-17-14(3)23-20(16-7-4-8-18(22)19(16)25)24(21(17)26)10-9-15-6-5-11-27-15/h4-8,11,13,25H,9-10,12H2,1-3H3. The van der Waals surface area contributed by atoms with Gasteiger partial charge in [-0.15, -0.1) is 11.3 Å². The summed E-state index contributed by atoms with van der Waals surface area (Å²) in [6.45, 7) is 6.33. The number of rotatable bonds is 6. The molecule has 0 aliphatic carbocycles. The molecule has 0 fully saturated rings.